The van der Waals surface area contributed by atoms with Crippen molar-refractivity contribution < 1.29 is 24.2 Å². The summed E-state index contributed by atoms with van der Waals surface area (Å²) in [5.74, 6) is -1.03. The van der Waals surface area contributed by atoms with Crippen LogP contribution in [0.25, 0.3) is 0 Å². The third-order valence-electron chi connectivity index (χ3n) is 3.11. The number of hydrogen-bond donors (Lipinski definition) is 2. The zero-order chi connectivity index (χ0) is 16.8. The fourth-order valence-electron chi connectivity index (χ4n) is 1.91. The van der Waals surface area contributed by atoms with E-state index < -0.39 is 18.5 Å². The normalized spacial score (nSPS) is 11.6. The van der Waals surface area contributed by atoms with Crippen molar-refractivity contribution in [3.8, 4) is 11.5 Å². The van der Waals surface area contributed by atoms with E-state index >= 15 is 0 Å². The Labute approximate surface area is 137 Å². The summed E-state index contributed by atoms with van der Waals surface area (Å²) < 4.78 is 9.85. The fourth-order valence-corrected chi connectivity index (χ4v) is 2.65. The van der Waals surface area contributed by atoms with Crippen molar-refractivity contribution in [3.63, 3.8) is 0 Å². The number of rotatable bonds is 6. The van der Waals surface area contributed by atoms with Crippen LogP contribution in [-0.2, 0) is 9.53 Å². The van der Waals surface area contributed by atoms with E-state index in [0.29, 0.717) is 5.75 Å². The average molecular weight is 335 g/mol. The zero-order valence-corrected chi connectivity index (χ0v) is 13.6. The van der Waals surface area contributed by atoms with E-state index in [-0.39, 0.29) is 17.4 Å². The van der Waals surface area contributed by atoms with Crippen LogP contribution < -0.4 is 10.1 Å². The molecule has 2 aromatic rings. The third-order valence-corrected chi connectivity index (χ3v) is 4.16. The number of esters is 1. The van der Waals surface area contributed by atoms with Gasteiger partial charge in [0.15, 0.2) is 6.61 Å². The van der Waals surface area contributed by atoms with Gasteiger partial charge in [0, 0.05) is 10.9 Å². The van der Waals surface area contributed by atoms with Crippen molar-refractivity contribution in [1.29, 1.82) is 0 Å². The summed E-state index contributed by atoms with van der Waals surface area (Å²) >= 11 is 1.53. The van der Waals surface area contributed by atoms with Crippen molar-refractivity contribution in [2.75, 3.05) is 13.7 Å². The SMILES string of the molecule is COc1ccc(C(=O)OCC(=O)N[C@H](C)c2cccs2)c(O)c1. The minimum absolute atomic E-state index is 0.0232. The van der Waals surface area contributed by atoms with Crippen molar-refractivity contribution in [3.05, 3.63) is 46.2 Å². The molecule has 1 amide bonds. The summed E-state index contributed by atoms with van der Waals surface area (Å²) in [6.07, 6.45) is 0. The highest BCUT2D eigenvalue weighted by atomic mass is 32.1. The van der Waals surface area contributed by atoms with Crippen molar-refractivity contribution in [2.24, 2.45) is 0 Å². The van der Waals surface area contributed by atoms with E-state index in [1.54, 1.807) is 0 Å². The summed E-state index contributed by atoms with van der Waals surface area (Å²) in [6, 6.07) is 7.86. The molecule has 1 atom stereocenters. The Hall–Kier alpha value is -2.54. The molecule has 2 rings (SSSR count). The number of ether oxygens (including phenoxy) is 2. The highest BCUT2D eigenvalue weighted by Crippen LogP contribution is 2.24. The molecule has 1 heterocycles. The first-order chi connectivity index (χ1) is 11.0. The van der Waals surface area contributed by atoms with Gasteiger partial charge in [-0.15, -0.1) is 11.3 Å². The van der Waals surface area contributed by atoms with Gasteiger partial charge in [-0.2, -0.15) is 0 Å². The molecule has 1 aromatic carbocycles. The molecule has 0 saturated heterocycles. The minimum Gasteiger partial charge on any atom is -0.507 e. The molecule has 0 radical (unpaired) electrons. The van der Waals surface area contributed by atoms with Gasteiger partial charge in [0.25, 0.3) is 5.91 Å². The highest BCUT2D eigenvalue weighted by molar-refractivity contribution is 7.10. The number of phenols is 1. The molecule has 0 saturated carbocycles. The molecule has 0 spiro atoms. The Balaban J connectivity index is 1.87. The lowest BCUT2D eigenvalue weighted by Crippen LogP contribution is -2.30. The van der Waals surface area contributed by atoms with Crippen molar-refractivity contribution in [1.82, 2.24) is 5.32 Å². The number of nitrogens with one attached hydrogen (secondary N) is 1. The highest BCUT2D eigenvalue weighted by Gasteiger charge is 2.16. The van der Waals surface area contributed by atoms with Gasteiger partial charge in [-0.3, -0.25) is 4.79 Å². The van der Waals surface area contributed by atoms with E-state index in [1.807, 2.05) is 24.4 Å². The smallest absolute Gasteiger partial charge is 0.342 e. The average Bonchev–Trinajstić information content (AvgIpc) is 3.07. The topological polar surface area (TPSA) is 84.9 Å². The number of aromatic hydroxyl groups is 1. The second-order valence-corrected chi connectivity index (χ2v) is 5.74. The van der Waals surface area contributed by atoms with Crippen molar-refractivity contribution in [2.45, 2.75) is 13.0 Å². The van der Waals surface area contributed by atoms with E-state index in [4.69, 9.17) is 9.47 Å². The summed E-state index contributed by atoms with van der Waals surface area (Å²) in [5.41, 5.74) is -0.0232. The molecule has 0 unspecified atom stereocenters. The van der Waals surface area contributed by atoms with Crippen LogP contribution in [0.5, 0.6) is 11.5 Å². The molecule has 23 heavy (non-hydrogen) atoms. The predicted octanol–water partition coefficient (Wildman–Crippen LogP) is 2.50. The summed E-state index contributed by atoms with van der Waals surface area (Å²) in [6.45, 7) is 1.43. The van der Waals surface area contributed by atoms with E-state index in [9.17, 15) is 14.7 Å². The van der Waals surface area contributed by atoms with E-state index in [0.717, 1.165) is 4.88 Å². The molecule has 0 aliphatic rings. The number of methoxy groups -OCH3 is 1. The molecule has 1 aromatic heterocycles. The van der Waals surface area contributed by atoms with E-state index in [2.05, 4.69) is 5.32 Å². The number of hydrogen-bond acceptors (Lipinski definition) is 6. The first kappa shape index (κ1) is 16.8. The van der Waals surface area contributed by atoms with Crippen LogP contribution >= 0.6 is 11.3 Å². The molecular weight excluding hydrogens is 318 g/mol. The molecule has 2 N–H and O–H groups in total. The van der Waals surface area contributed by atoms with Crippen LogP contribution in [0.4, 0.5) is 0 Å². The maximum absolute atomic E-state index is 11.9. The van der Waals surface area contributed by atoms with Gasteiger partial charge in [-0.05, 0) is 30.5 Å². The van der Waals surface area contributed by atoms with Gasteiger partial charge in [0.05, 0.1) is 13.2 Å². The van der Waals surface area contributed by atoms with Crippen LogP contribution in [0.15, 0.2) is 35.7 Å². The van der Waals surface area contributed by atoms with Gasteiger partial charge in [-0.25, -0.2) is 4.79 Å². The lowest BCUT2D eigenvalue weighted by Gasteiger charge is -2.12. The van der Waals surface area contributed by atoms with Gasteiger partial charge in [0.1, 0.15) is 17.1 Å². The molecule has 7 heteroatoms. The van der Waals surface area contributed by atoms with E-state index in [1.165, 1.54) is 36.6 Å². The standard InChI is InChI=1S/C16H17NO5S/c1-10(14-4-3-7-23-14)17-15(19)9-22-16(20)12-6-5-11(21-2)8-13(12)18/h3-8,10,18H,9H2,1-2H3,(H,17,19)/t10-/m1/s1. The monoisotopic (exact) mass is 335 g/mol. The Morgan fingerprint density at radius 2 is 2.13 bits per heavy atom. The van der Waals surface area contributed by atoms with Gasteiger partial charge < -0.3 is 19.9 Å². The zero-order valence-electron chi connectivity index (χ0n) is 12.7. The maximum Gasteiger partial charge on any atom is 0.342 e. The first-order valence-electron chi connectivity index (χ1n) is 6.88. The molecule has 0 bridgehead atoms. The fraction of sp³-hybridized carbons (Fsp3) is 0.250. The molecule has 122 valence electrons. The summed E-state index contributed by atoms with van der Waals surface area (Å²) in [7, 11) is 1.45. The number of phenolic OH excluding ortho intramolecular Hbond substituents is 1. The van der Waals surface area contributed by atoms with Gasteiger partial charge in [0.2, 0.25) is 0 Å². The lowest BCUT2D eigenvalue weighted by atomic mass is 10.2. The van der Waals surface area contributed by atoms with Crippen LogP contribution in [0, 0.1) is 0 Å². The molecule has 0 aliphatic carbocycles. The molecule has 6 nitrogen and oxygen atoms in total. The predicted molar refractivity (Wildman–Crippen MR) is 85.8 cm³/mol. The van der Waals surface area contributed by atoms with Crippen LogP contribution in [0.3, 0.4) is 0 Å². The second kappa shape index (κ2) is 7.64. The number of amides is 1. The largest absolute Gasteiger partial charge is 0.507 e. The Kier molecular flexibility index (Phi) is 5.59. The summed E-state index contributed by atoms with van der Waals surface area (Å²) in [5, 5.41) is 14.4. The number of carbonyl (C=O) groups excluding carboxylic acids is 2. The lowest BCUT2D eigenvalue weighted by molar-refractivity contribution is -0.124. The van der Waals surface area contributed by atoms with Crippen molar-refractivity contribution >= 4 is 23.2 Å². The Morgan fingerprint density at radius 3 is 2.74 bits per heavy atom. The number of carbonyl (C=O) groups is 2. The maximum atomic E-state index is 11.9. The first-order valence-corrected chi connectivity index (χ1v) is 7.76. The Bertz CT molecular complexity index is 684. The number of benzene rings is 1. The molecule has 0 aliphatic heterocycles. The van der Waals surface area contributed by atoms with Crippen LogP contribution in [0.2, 0.25) is 0 Å². The van der Waals surface area contributed by atoms with Gasteiger partial charge in [-0.1, -0.05) is 6.07 Å². The molecule has 0 fully saturated rings. The van der Waals surface area contributed by atoms with Crippen LogP contribution in [-0.4, -0.2) is 30.7 Å². The third kappa shape index (κ3) is 4.46. The summed E-state index contributed by atoms with van der Waals surface area (Å²) in [4.78, 5) is 24.7. The minimum atomic E-state index is -0.774. The van der Waals surface area contributed by atoms with Gasteiger partial charge >= 0.3 is 5.97 Å². The molecular formula is C16H17NO5S. The second-order valence-electron chi connectivity index (χ2n) is 4.76. The van der Waals surface area contributed by atoms with Crippen LogP contribution in [0.1, 0.15) is 28.2 Å². The quantitative estimate of drug-likeness (QED) is 0.792. The number of thiophene rings is 1. The Morgan fingerprint density at radius 1 is 1.35 bits per heavy atom.